The molecule has 3 rings (SSSR count). The lowest BCUT2D eigenvalue weighted by atomic mass is 10.1. The molecule has 138 valence electrons. The van der Waals surface area contributed by atoms with Crippen LogP contribution in [0.15, 0.2) is 48.5 Å². The number of hydrogen-bond acceptors (Lipinski definition) is 5. The molecule has 1 aliphatic heterocycles. The topological polar surface area (TPSA) is 75.6 Å². The Morgan fingerprint density at radius 1 is 1.08 bits per heavy atom. The van der Waals surface area contributed by atoms with Crippen molar-refractivity contribution in [1.82, 2.24) is 4.90 Å². The van der Waals surface area contributed by atoms with Crippen molar-refractivity contribution in [3.05, 3.63) is 69.8 Å². The summed E-state index contributed by atoms with van der Waals surface area (Å²) in [5.74, 6) is 0. The van der Waals surface area contributed by atoms with E-state index in [1.807, 2.05) is 25.1 Å². The number of anilines is 1. The Kier molecular flexibility index (Phi) is 5.85. The lowest BCUT2D eigenvalue weighted by molar-refractivity contribution is -0.384. The van der Waals surface area contributed by atoms with Crippen molar-refractivity contribution in [2.45, 2.75) is 25.9 Å². The normalized spacial score (nSPS) is 16.5. The first-order valence-electron chi connectivity index (χ1n) is 9.07. The summed E-state index contributed by atoms with van der Waals surface area (Å²) in [4.78, 5) is 15.8. The summed E-state index contributed by atoms with van der Waals surface area (Å²) in [7, 11) is 0. The summed E-state index contributed by atoms with van der Waals surface area (Å²) in [5, 5.41) is 11.5. The van der Waals surface area contributed by atoms with Gasteiger partial charge in [0.05, 0.1) is 4.92 Å². The molecule has 1 aliphatic rings. The molecule has 1 atom stereocenters. The van der Waals surface area contributed by atoms with Crippen LogP contribution in [0, 0.1) is 10.1 Å². The highest BCUT2D eigenvalue weighted by molar-refractivity contribution is 5.64. The fourth-order valence-corrected chi connectivity index (χ4v) is 3.47. The van der Waals surface area contributed by atoms with E-state index < -0.39 is 0 Å². The van der Waals surface area contributed by atoms with Crippen LogP contribution >= 0.6 is 0 Å². The van der Waals surface area contributed by atoms with Crippen LogP contribution in [0.4, 0.5) is 11.4 Å². The maximum absolute atomic E-state index is 11.5. The molecule has 0 aromatic heterocycles. The number of benzene rings is 2. The molecule has 6 nitrogen and oxygen atoms in total. The van der Waals surface area contributed by atoms with Gasteiger partial charge in [-0.2, -0.15) is 0 Å². The van der Waals surface area contributed by atoms with Crippen molar-refractivity contribution in [1.29, 1.82) is 0 Å². The molecule has 0 radical (unpaired) electrons. The molecule has 2 aromatic rings. The number of nitro benzene ring substituents is 1. The van der Waals surface area contributed by atoms with E-state index in [2.05, 4.69) is 34.1 Å². The highest BCUT2D eigenvalue weighted by atomic mass is 16.6. The second-order valence-electron chi connectivity index (χ2n) is 7.01. The summed E-state index contributed by atoms with van der Waals surface area (Å²) in [6.07, 6.45) is 0.645. The van der Waals surface area contributed by atoms with Crippen LogP contribution in [-0.4, -0.2) is 42.0 Å². The molecule has 0 spiro atoms. The number of rotatable bonds is 6. The molecule has 26 heavy (non-hydrogen) atoms. The number of hydrogen-bond donors (Lipinski definition) is 1. The van der Waals surface area contributed by atoms with Gasteiger partial charge in [0.25, 0.3) is 5.69 Å². The minimum absolute atomic E-state index is 0.0121. The molecule has 0 aliphatic carbocycles. The fraction of sp³-hybridized carbons (Fsp3) is 0.400. The standard InChI is InChI=1S/C20H26N4O2/c1-16(21)13-18-7-8-19(20(14-18)24(25)26)23-11-9-22(10-12-23)15-17-5-3-2-4-6-17/h2-8,14,16H,9-13,15,21H2,1H3. The van der Waals surface area contributed by atoms with Crippen LogP contribution in [0.1, 0.15) is 18.1 Å². The van der Waals surface area contributed by atoms with Crippen LogP contribution in [-0.2, 0) is 13.0 Å². The number of piperazine rings is 1. The third-order valence-electron chi connectivity index (χ3n) is 4.76. The third kappa shape index (κ3) is 4.59. The minimum Gasteiger partial charge on any atom is -0.363 e. The van der Waals surface area contributed by atoms with Gasteiger partial charge in [0.1, 0.15) is 5.69 Å². The Labute approximate surface area is 154 Å². The van der Waals surface area contributed by atoms with Crippen LogP contribution in [0.25, 0.3) is 0 Å². The zero-order chi connectivity index (χ0) is 18.5. The SMILES string of the molecule is CC(N)Cc1ccc(N2CCN(Cc3ccccc3)CC2)c([N+](=O)[O-])c1. The summed E-state index contributed by atoms with van der Waals surface area (Å²) < 4.78 is 0. The van der Waals surface area contributed by atoms with Crippen LogP contribution < -0.4 is 10.6 Å². The molecule has 0 saturated carbocycles. The predicted octanol–water partition coefficient (Wildman–Crippen LogP) is 2.81. The van der Waals surface area contributed by atoms with Crippen LogP contribution in [0.3, 0.4) is 0 Å². The molecule has 1 unspecified atom stereocenters. The minimum atomic E-state index is -0.281. The molecular weight excluding hydrogens is 328 g/mol. The highest BCUT2D eigenvalue weighted by Gasteiger charge is 2.24. The molecular formula is C20H26N4O2. The van der Waals surface area contributed by atoms with Gasteiger partial charge in [-0.1, -0.05) is 36.4 Å². The zero-order valence-corrected chi connectivity index (χ0v) is 15.2. The predicted molar refractivity (Wildman–Crippen MR) is 104 cm³/mol. The first kappa shape index (κ1) is 18.4. The Hall–Kier alpha value is -2.44. The van der Waals surface area contributed by atoms with Gasteiger partial charge < -0.3 is 10.6 Å². The van der Waals surface area contributed by atoms with Crippen molar-refractivity contribution in [2.24, 2.45) is 5.73 Å². The first-order chi connectivity index (χ1) is 12.5. The van der Waals surface area contributed by atoms with Crippen molar-refractivity contribution >= 4 is 11.4 Å². The largest absolute Gasteiger partial charge is 0.363 e. The number of nitrogens with two attached hydrogens (primary N) is 1. The van der Waals surface area contributed by atoms with E-state index >= 15 is 0 Å². The van der Waals surface area contributed by atoms with Gasteiger partial charge >= 0.3 is 0 Å². The maximum Gasteiger partial charge on any atom is 0.292 e. The van der Waals surface area contributed by atoms with Gasteiger partial charge in [0.2, 0.25) is 0 Å². The van der Waals surface area contributed by atoms with Gasteiger partial charge in [-0.25, -0.2) is 0 Å². The van der Waals surface area contributed by atoms with Crippen molar-refractivity contribution in [3.8, 4) is 0 Å². The lowest BCUT2D eigenvalue weighted by Gasteiger charge is -2.35. The molecule has 1 saturated heterocycles. The van der Waals surface area contributed by atoms with Crippen LogP contribution in [0.2, 0.25) is 0 Å². The van der Waals surface area contributed by atoms with E-state index in [0.717, 1.165) is 38.3 Å². The smallest absolute Gasteiger partial charge is 0.292 e. The highest BCUT2D eigenvalue weighted by Crippen LogP contribution is 2.30. The van der Waals surface area contributed by atoms with Gasteiger partial charge in [-0.3, -0.25) is 15.0 Å². The Balaban J connectivity index is 1.67. The summed E-state index contributed by atoms with van der Waals surface area (Å²) in [5.41, 5.74) is 8.93. The van der Waals surface area contributed by atoms with E-state index in [1.165, 1.54) is 5.56 Å². The summed E-state index contributed by atoms with van der Waals surface area (Å²) in [6, 6.07) is 15.9. The molecule has 2 N–H and O–H groups in total. The molecule has 1 fully saturated rings. The summed E-state index contributed by atoms with van der Waals surface area (Å²) >= 11 is 0. The molecule has 0 bridgehead atoms. The zero-order valence-electron chi connectivity index (χ0n) is 15.2. The third-order valence-corrected chi connectivity index (χ3v) is 4.76. The van der Waals surface area contributed by atoms with E-state index in [9.17, 15) is 10.1 Å². The monoisotopic (exact) mass is 354 g/mol. The van der Waals surface area contributed by atoms with Crippen LogP contribution in [0.5, 0.6) is 0 Å². The van der Waals surface area contributed by atoms with Gasteiger partial charge in [0.15, 0.2) is 0 Å². The Bertz CT molecular complexity index is 741. The molecule has 6 heteroatoms. The van der Waals surface area contributed by atoms with Gasteiger partial charge in [0, 0.05) is 44.8 Å². The van der Waals surface area contributed by atoms with Crippen molar-refractivity contribution in [3.63, 3.8) is 0 Å². The second-order valence-corrected chi connectivity index (χ2v) is 7.01. The van der Waals surface area contributed by atoms with Crippen molar-refractivity contribution in [2.75, 3.05) is 31.1 Å². The van der Waals surface area contributed by atoms with E-state index in [0.29, 0.717) is 12.1 Å². The quantitative estimate of drug-likeness (QED) is 0.638. The maximum atomic E-state index is 11.5. The molecule has 2 aromatic carbocycles. The second kappa shape index (κ2) is 8.29. The average molecular weight is 354 g/mol. The lowest BCUT2D eigenvalue weighted by Crippen LogP contribution is -2.46. The number of nitrogens with zero attached hydrogens (tertiary/aromatic N) is 3. The fourth-order valence-electron chi connectivity index (χ4n) is 3.47. The van der Waals surface area contributed by atoms with Crippen molar-refractivity contribution < 1.29 is 4.92 Å². The molecule has 0 amide bonds. The Morgan fingerprint density at radius 3 is 2.38 bits per heavy atom. The number of nitro groups is 1. The molecule has 1 heterocycles. The Morgan fingerprint density at radius 2 is 1.77 bits per heavy atom. The van der Waals surface area contributed by atoms with Gasteiger partial charge in [-0.05, 0) is 30.5 Å². The van der Waals surface area contributed by atoms with Gasteiger partial charge in [-0.15, -0.1) is 0 Å². The van der Waals surface area contributed by atoms with E-state index in [1.54, 1.807) is 6.07 Å². The van der Waals surface area contributed by atoms with E-state index in [-0.39, 0.29) is 16.7 Å². The first-order valence-corrected chi connectivity index (χ1v) is 9.07. The van der Waals surface area contributed by atoms with E-state index in [4.69, 9.17) is 5.73 Å². The average Bonchev–Trinajstić information content (AvgIpc) is 2.63. The summed E-state index contributed by atoms with van der Waals surface area (Å²) in [6.45, 7) is 6.21.